The van der Waals surface area contributed by atoms with Crippen LogP contribution in [-0.2, 0) is 10.2 Å². The summed E-state index contributed by atoms with van der Waals surface area (Å²) in [6, 6.07) is 14.0. The van der Waals surface area contributed by atoms with Crippen LogP contribution in [0.5, 0.6) is 5.75 Å². The molecule has 1 amide bonds. The third kappa shape index (κ3) is 3.75. The van der Waals surface area contributed by atoms with Crippen molar-refractivity contribution in [2.75, 3.05) is 26.9 Å². The molecule has 0 unspecified atom stereocenters. The van der Waals surface area contributed by atoms with E-state index in [1.165, 1.54) is 0 Å². The fraction of sp³-hybridized carbons (Fsp3) is 0.409. The molecule has 4 heteroatoms. The first-order chi connectivity index (χ1) is 12.6. The Balaban J connectivity index is 1.84. The van der Waals surface area contributed by atoms with Crippen LogP contribution in [0.15, 0.2) is 42.5 Å². The summed E-state index contributed by atoms with van der Waals surface area (Å²) >= 11 is 0. The lowest BCUT2D eigenvalue weighted by molar-refractivity contribution is 0.0479. The molecule has 0 atom stereocenters. The number of amides is 1. The molecule has 1 fully saturated rings. The summed E-state index contributed by atoms with van der Waals surface area (Å²) in [4.78, 5) is 12.8. The number of para-hydroxylation sites is 1. The number of carbonyl (C=O) groups excluding carboxylic acids is 1. The lowest BCUT2D eigenvalue weighted by Crippen LogP contribution is -2.45. The second-order valence-corrected chi connectivity index (χ2v) is 7.09. The Morgan fingerprint density at radius 1 is 1.15 bits per heavy atom. The minimum atomic E-state index is -0.168. The monoisotopic (exact) mass is 353 g/mol. The molecule has 4 nitrogen and oxygen atoms in total. The van der Waals surface area contributed by atoms with Gasteiger partial charge in [-0.15, -0.1) is 0 Å². The number of aryl methyl sites for hydroxylation is 2. The number of carbonyl (C=O) groups is 1. The molecule has 0 aliphatic carbocycles. The van der Waals surface area contributed by atoms with E-state index in [0.29, 0.717) is 19.8 Å². The molecular weight excluding hydrogens is 326 g/mol. The lowest BCUT2D eigenvalue weighted by Gasteiger charge is -2.38. The standard InChI is InChI=1S/C22H27NO3/c1-16-8-9-18(17(2)14-16)21(24)23-15-22(10-12-26-13-11-22)19-6-4-5-7-20(19)25-3/h4-9,14H,10-13,15H2,1-3H3,(H,23,24). The summed E-state index contributed by atoms with van der Waals surface area (Å²) in [5, 5.41) is 3.17. The molecule has 2 aromatic carbocycles. The van der Waals surface area contributed by atoms with E-state index in [2.05, 4.69) is 11.4 Å². The molecule has 0 bridgehead atoms. The lowest BCUT2D eigenvalue weighted by atomic mass is 9.73. The molecule has 1 N–H and O–H groups in total. The molecule has 1 aliphatic rings. The van der Waals surface area contributed by atoms with E-state index in [1.807, 2.05) is 50.2 Å². The smallest absolute Gasteiger partial charge is 0.251 e. The quantitative estimate of drug-likeness (QED) is 0.890. The molecule has 3 rings (SSSR count). The van der Waals surface area contributed by atoms with Gasteiger partial charge in [0.1, 0.15) is 5.75 Å². The Bertz CT molecular complexity index is 779. The van der Waals surface area contributed by atoms with Gasteiger partial charge in [-0.3, -0.25) is 4.79 Å². The molecule has 2 aromatic rings. The molecular formula is C22H27NO3. The fourth-order valence-electron chi connectivity index (χ4n) is 3.80. The zero-order valence-electron chi connectivity index (χ0n) is 15.8. The van der Waals surface area contributed by atoms with Gasteiger partial charge in [0, 0.05) is 36.3 Å². The average Bonchev–Trinajstić information content (AvgIpc) is 2.67. The molecule has 1 aliphatic heterocycles. The Kier molecular flexibility index (Phi) is 5.62. The van der Waals surface area contributed by atoms with Crippen LogP contribution in [0.25, 0.3) is 0 Å². The van der Waals surface area contributed by atoms with Crippen LogP contribution in [-0.4, -0.2) is 32.8 Å². The van der Waals surface area contributed by atoms with Gasteiger partial charge < -0.3 is 14.8 Å². The molecule has 0 aromatic heterocycles. The number of rotatable bonds is 5. The van der Waals surface area contributed by atoms with Gasteiger partial charge in [-0.25, -0.2) is 0 Å². The highest BCUT2D eigenvalue weighted by Crippen LogP contribution is 2.39. The van der Waals surface area contributed by atoms with Crippen molar-refractivity contribution in [3.8, 4) is 5.75 Å². The number of ether oxygens (including phenoxy) is 2. The number of methoxy groups -OCH3 is 1. The summed E-state index contributed by atoms with van der Waals surface area (Å²) < 4.78 is 11.2. The Morgan fingerprint density at radius 3 is 2.58 bits per heavy atom. The number of benzene rings is 2. The first-order valence-corrected chi connectivity index (χ1v) is 9.12. The number of hydrogen-bond donors (Lipinski definition) is 1. The van der Waals surface area contributed by atoms with Crippen molar-refractivity contribution < 1.29 is 14.3 Å². The van der Waals surface area contributed by atoms with Gasteiger partial charge in [0.15, 0.2) is 0 Å². The predicted octanol–water partition coefficient (Wildman–Crippen LogP) is 3.79. The third-order valence-corrected chi connectivity index (χ3v) is 5.34. The van der Waals surface area contributed by atoms with Gasteiger partial charge in [0.25, 0.3) is 5.91 Å². The van der Waals surface area contributed by atoms with Crippen LogP contribution < -0.4 is 10.1 Å². The number of hydrogen-bond acceptors (Lipinski definition) is 3. The summed E-state index contributed by atoms with van der Waals surface area (Å²) in [6.07, 6.45) is 1.72. The van der Waals surface area contributed by atoms with Crippen molar-refractivity contribution in [3.63, 3.8) is 0 Å². The van der Waals surface area contributed by atoms with E-state index in [1.54, 1.807) is 7.11 Å². The van der Waals surface area contributed by atoms with E-state index in [-0.39, 0.29) is 11.3 Å². The van der Waals surface area contributed by atoms with E-state index >= 15 is 0 Å². The van der Waals surface area contributed by atoms with Crippen molar-refractivity contribution >= 4 is 5.91 Å². The zero-order chi connectivity index (χ0) is 18.6. The van der Waals surface area contributed by atoms with Crippen molar-refractivity contribution in [2.45, 2.75) is 32.1 Å². The highest BCUT2D eigenvalue weighted by atomic mass is 16.5. The maximum Gasteiger partial charge on any atom is 0.251 e. The summed E-state index contributed by atoms with van der Waals surface area (Å²) in [5.74, 6) is 0.846. The van der Waals surface area contributed by atoms with E-state index in [9.17, 15) is 4.79 Å². The Morgan fingerprint density at radius 2 is 1.88 bits per heavy atom. The van der Waals surface area contributed by atoms with Crippen LogP contribution in [0.3, 0.4) is 0 Å². The maximum absolute atomic E-state index is 12.8. The highest BCUT2D eigenvalue weighted by Gasteiger charge is 2.37. The van der Waals surface area contributed by atoms with Gasteiger partial charge in [-0.1, -0.05) is 35.9 Å². The molecule has 26 heavy (non-hydrogen) atoms. The Labute approximate surface area is 155 Å². The van der Waals surface area contributed by atoms with Crippen LogP contribution in [0.4, 0.5) is 0 Å². The zero-order valence-corrected chi connectivity index (χ0v) is 15.8. The fourth-order valence-corrected chi connectivity index (χ4v) is 3.80. The van der Waals surface area contributed by atoms with Gasteiger partial charge in [-0.2, -0.15) is 0 Å². The normalized spacial score (nSPS) is 16.1. The first kappa shape index (κ1) is 18.5. The second kappa shape index (κ2) is 7.92. The van der Waals surface area contributed by atoms with Gasteiger partial charge in [0.05, 0.1) is 7.11 Å². The van der Waals surface area contributed by atoms with E-state index in [4.69, 9.17) is 9.47 Å². The minimum Gasteiger partial charge on any atom is -0.496 e. The topological polar surface area (TPSA) is 47.6 Å². The summed E-state index contributed by atoms with van der Waals surface area (Å²) in [6.45, 7) is 5.97. The molecule has 138 valence electrons. The molecule has 1 saturated heterocycles. The van der Waals surface area contributed by atoms with Crippen molar-refractivity contribution in [3.05, 3.63) is 64.7 Å². The molecule has 1 heterocycles. The van der Waals surface area contributed by atoms with Crippen molar-refractivity contribution in [1.82, 2.24) is 5.32 Å². The Hall–Kier alpha value is -2.33. The van der Waals surface area contributed by atoms with Crippen molar-refractivity contribution in [1.29, 1.82) is 0 Å². The minimum absolute atomic E-state index is 0.0248. The molecule has 0 radical (unpaired) electrons. The first-order valence-electron chi connectivity index (χ1n) is 9.12. The molecule has 0 saturated carbocycles. The van der Waals surface area contributed by atoms with Gasteiger partial charge in [0.2, 0.25) is 0 Å². The highest BCUT2D eigenvalue weighted by molar-refractivity contribution is 5.95. The van der Waals surface area contributed by atoms with Gasteiger partial charge >= 0.3 is 0 Å². The largest absolute Gasteiger partial charge is 0.496 e. The van der Waals surface area contributed by atoms with Crippen LogP contribution in [0.1, 0.15) is 39.9 Å². The van der Waals surface area contributed by atoms with Crippen LogP contribution >= 0.6 is 0 Å². The van der Waals surface area contributed by atoms with Crippen molar-refractivity contribution in [2.24, 2.45) is 0 Å². The van der Waals surface area contributed by atoms with E-state index in [0.717, 1.165) is 40.8 Å². The second-order valence-electron chi connectivity index (χ2n) is 7.09. The van der Waals surface area contributed by atoms with Crippen LogP contribution in [0.2, 0.25) is 0 Å². The summed E-state index contributed by atoms with van der Waals surface area (Å²) in [5.41, 5.74) is 3.87. The van der Waals surface area contributed by atoms with Gasteiger partial charge in [-0.05, 0) is 44.4 Å². The van der Waals surface area contributed by atoms with E-state index < -0.39 is 0 Å². The average molecular weight is 353 g/mol. The molecule has 0 spiro atoms. The maximum atomic E-state index is 12.8. The summed E-state index contributed by atoms with van der Waals surface area (Å²) in [7, 11) is 1.69. The van der Waals surface area contributed by atoms with Crippen LogP contribution in [0, 0.1) is 13.8 Å². The SMILES string of the molecule is COc1ccccc1C1(CNC(=O)c2ccc(C)cc2C)CCOCC1. The number of nitrogens with one attached hydrogen (secondary N) is 1. The predicted molar refractivity (Wildman–Crippen MR) is 103 cm³/mol. The third-order valence-electron chi connectivity index (χ3n) is 5.34.